The monoisotopic (exact) mass is 342 g/mol. The third-order valence-electron chi connectivity index (χ3n) is 4.45. The van der Waals surface area contributed by atoms with Gasteiger partial charge in [-0.1, -0.05) is 25.2 Å². The van der Waals surface area contributed by atoms with Gasteiger partial charge in [0.25, 0.3) is 5.91 Å². The maximum absolute atomic E-state index is 12.3. The van der Waals surface area contributed by atoms with E-state index in [1.54, 1.807) is 13.8 Å². The standard InChI is InChI=1S/C14H18N2O6S/c1-4-22-9-7-14(12(18)19,13(9,2)3)15-11(17)8-5-6-10(23-8)16(20)21/h5-6,9H,4,7H2,1-3H3,(H,15,17)(H,18,19). The van der Waals surface area contributed by atoms with Crippen molar-refractivity contribution >= 4 is 28.2 Å². The van der Waals surface area contributed by atoms with Gasteiger partial charge in [-0.3, -0.25) is 14.9 Å². The number of amides is 1. The van der Waals surface area contributed by atoms with Gasteiger partial charge in [-0.05, 0) is 13.0 Å². The molecule has 2 rings (SSSR count). The molecule has 126 valence electrons. The molecule has 1 aromatic heterocycles. The van der Waals surface area contributed by atoms with Gasteiger partial charge >= 0.3 is 11.0 Å². The van der Waals surface area contributed by atoms with Crippen LogP contribution in [-0.2, 0) is 9.53 Å². The summed E-state index contributed by atoms with van der Waals surface area (Å²) in [7, 11) is 0. The second-order valence-corrected chi connectivity index (χ2v) is 6.99. The molecular weight excluding hydrogens is 324 g/mol. The molecule has 8 nitrogen and oxygen atoms in total. The smallest absolute Gasteiger partial charge is 0.330 e. The summed E-state index contributed by atoms with van der Waals surface area (Å²) < 4.78 is 5.52. The zero-order valence-electron chi connectivity index (χ0n) is 13.0. The fourth-order valence-electron chi connectivity index (χ4n) is 2.84. The quantitative estimate of drug-likeness (QED) is 0.603. The molecule has 2 N–H and O–H groups in total. The van der Waals surface area contributed by atoms with E-state index in [1.165, 1.54) is 12.1 Å². The lowest BCUT2D eigenvalue weighted by Gasteiger charge is -2.58. The fourth-order valence-corrected chi connectivity index (χ4v) is 3.56. The van der Waals surface area contributed by atoms with E-state index in [4.69, 9.17) is 4.74 Å². The molecular formula is C14H18N2O6S. The average Bonchev–Trinajstić information content (AvgIpc) is 2.95. The van der Waals surface area contributed by atoms with Crippen molar-refractivity contribution in [3.63, 3.8) is 0 Å². The van der Waals surface area contributed by atoms with Gasteiger partial charge in [0.2, 0.25) is 0 Å². The van der Waals surface area contributed by atoms with E-state index in [9.17, 15) is 24.8 Å². The molecule has 1 amide bonds. The van der Waals surface area contributed by atoms with Gasteiger partial charge in [-0.2, -0.15) is 0 Å². The maximum atomic E-state index is 12.3. The van der Waals surface area contributed by atoms with Gasteiger partial charge in [-0.15, -0.1) is 0 Å². The second kappa shape index (κ2) is 5.89. The van der Waals surface area contributed by atoms with Crippen LogP contribution in [0.4, 0.5) is 5.00 Å². The predicted molar refractivity (Wildman–Crippen MR) is 82.6 cm³/mol. The highest BCUT2D eigenvalue weighted by Gasteiger charge is 2.66. The Labute approximate surface area is 136 Å². The number of nitro groups is 1. The second-order valence-electron chi connectivity index (χ2n) is 5.93. The van der Waals surface area contributed by atoms with Crippen LogP contribution in [0.1, 0.15) is 36.9 Å². The first-order chi connectivity index (χ1) is 10.7. The van der Waals surface area contributed by atoms with Crippen LogP contribution in [0.25, 0.3) is 0 Å². The van der Waals surface area contributed by atoms with E-state index >= 15 is 0 Å². The Hall–Kier alpha value is -2.00. The Kier molecular flexibility index (Phi) is 4.45. The van der Waals surface area contributed by atoms with Crippen LogP contribution in [0.15, 0.2) is 12.1 Å². The number of nitrogens with zero attached hydrogens (tertiary/aromatic N) is 1. The van der Waals surface area contributed by atoms with E-state index in [0.29, 0.717) is 17.9 Å². The van der Waals surface area contributed by atoms with Crippen LogP contribution < -0.4 is 5.32 Å². The SMILES string of the molecule is CCOC1CC(NC(=O)c2ccc([N+](=O)[O-])s2)(C(=O)O)C1(C)C. The summed E-state index contributed by atoms with van der Waals surface area (Å²) in [6.07, 6.45) is -0.121. The third-order valence-corrected chi connectivity index (χ3v) is 5.49. The molecule has 1 aromatic rings. The third kappa shape index (κ3) is 2.70. The number of thiophene rings is 1. The molecule has 1 aliphatic rings. The molecule has 0 aliphatic heterocycles. The van der Waals surface area contributed by atoms with E-state index in [0.717, 1.165) is 0 Å². The van der Waals surface area contributed by atoms with Crippen molar-refractivity contribution in [3.8, 4) is 0 Å². The van der Waals surface area contributed by atoms with Crippen LogP contribution in [-0.4, -0.2) is 40.2 Å². The molecule has 1 heterocycles. The van der Waals surface area contributed by atoms with Gasteiger partial charge in [0.15, 0.2) is 0 Å². The minimum absolute atomic E-state index is 0.105. The topological polar surface area (TPSA) is 119 Å². The van der Waals surface area contributed by atoms with Crippen LogP contribution in [0, 0.1) is 15.5 Å². The summed E-state index contributed by atoms with van der Waals surface area (Å²) in [5.74, 6) is -1.77. The normalized spacial score (nSPS) is 25.4. The number of carboxylic acid groups (broad SMARTS) is 1. The number of aliphatic carboxylic acids is 1. The van der Waals surface area contributed by atoms with Crippen molar-refractivity contribution in [1.82, 2.24) is 5.32 Å². The molecule has 0 bridgehead atoms. The summed E-state index contributed by atoms with van der Waals surface area (Å²) in [4.78, 5) is 34.3. The average molecular weight is 342 g/mol. The van der Waals surface area contributed by atoms with Gasteiger partial charge < -0.3 is 15.2 Å². The van der Waals surface area contributed by atoms with Crippen molar-refractivity contribution < 1.29 is 24.4 Å². The minimum atomic E-state index is -1.46. The number of hydrogen-bond donors (Lipinski definition) is 2. The molecule has 2 unspecified atom stereocenters. The van der Waals surface area contributed by atoms with E-state index in [2.05, 4.69) is 5.32 Å². The molecule has 2 atom stereocenters. The highest BCUT2D eigenvalue weighted by atomic mass is 32.1. The number of rotatable bonds is 6. The van der Waals surface area contributed by atoms with Gasteiger partial charge in [-0.25, -0.2) is 4.79 Å². The van der Waals surface area contributed by atoms with Crippen LogP contribution in [0.3, 0.4) is 0 Å². The summed E-state index contributed by atoms with van der Waals surface area (Å²) in [6, 6.07) is 2.54. The summed E-state index contributed by atoms with van der Waals surface area (Å²) in [5, 5.41) is 22.7. The number of carbonyl (C=O) groups is 2. The lowest BCUT2D eigenvalue weighted by molar-refractivity contribution is -0.380. The number of hydrogen-bond acceptors (Lipinski definition) is 6. The van der Waals surface area contributed by atoms with Crippen LogP contribution in [0.2, 0.25) is 0 Å². The van der Waals surface area contributed by atoms with Crippen molar-refractivity contribution in [1.29, 1.82) is 0 Å². The van der Waals surface area contributed by atoms with Crippen molar-refractivity contribution in [2.45, 2.75) is 38.8 Å². The fraction of sp³-hybridized carbons (Fsp3) is 0.571. The predicted octanol–water partition coefficient (Wildman–Crippen LogP) is 2.04. The highest BCUT2D eigenvalue weighted by molar-refractivity contribution is 7.17. The van der Waals surface area contributed by atoms with Gasteiger partial charge in [0, 0.05) is 24.5 Å². The molecule has 0 radical (unpaired) electrons. The van der Waals surface area contributed by atoms with Gasteiger partial charge in [0.1, 0.15) is 5.54 Å². The molecule has 1 aliphatic carbocycles. The largest absolute Gasteiger partial charge is 0.479 e. The number of nitrogens with one attached hydrogen (secondary N) is 1. The Morgan fingerprint density at radius 3 is 2.61 bits per heavy atom. The molecule has 23 heavy (non-hydrogen) atoms. The molecule has 9 heteroatoms. The minimum Gasteiger partial charge on any atom is -0.479 e. The molecule has 1 saturated carbocycles. The van der Waals surface area contributed by atoms with Crippen LogP contribution >= 0.6 is 11.3 Å². The zero-order chi connectivity index (χ0) is 17.4. The molecule has 0 saturated heterocycles. The summed E-state index contributed by atoms with van der Waals surface area (Å²) in [5.41, 5.74) is -2.25. The van der Waals surface area contributed by atoms with E-state index in [1.807, 2.05) is 6.92 Å². The molecule has 0 spiro atoms. The number of carboxylic acids is 1. The first-order valence-corrected chi connectivity index (χ1v) is 7.89. The van der Waals surface area contributed by atoms with Crippen molar-refractivity contribution in [2.24, 2.45) is 5.41 Å². The van der Waals surface area contributed by atoms with E-state index in [-0.39, 0.29) is 22.4 Å². The lowest BCUT2D eigenvalue weighted by Crippen LogP contribution is -2.76. The van der Waals surface area contributed by atoms with E-state index < -0.39 is 27.8 Å². The number of carbonyl (C=O) groups excluding carboxylic acids is 1. The Bertz CT molecular complexity index is 655. The summed E-state index contributed by atoms with van der Waals surface area (Å²) in [6.45, 7) is 5.72. The first-order valence-electron chi connectivity index (χ1n) is 7.07. The Morgan fingerprint density at radius 1 is 1.52 bits per heavy atom. The number of ether oxygens (including phenoxy) is 1. The summed E-state index contributed by atoms with van der Waals surface area (Å²) >= 11 is 0.712. The lowest BCUT2D eigenvalue weighted by atomic mass is 9.54. The first kappa shape index (κ1) is 17.4. The Balaban J connectivity index is 2.22. The van der Waals surface area contributed by atoms with Crippen LogP contribution in [0.5, 0.6) is 0 Å². The zero-order valence-corrected chi connectivity index (χ0v) is 13.8. The van der Waals surface area contributed by atoms with Gasteiger partial charge in [0.05, 0.1) is 15.9 Å². The highest BCUT2D eigenvalue weighted by Crippen LogP contribution is 2.51. The molecule has 0 aromatic carbocycles. The molecule has 1 fully saturated rings. The van der Waals surface area contributed by atoms with Crippen molar-refractivity contribution in [2.75, 3.05) is 6.61 Å². The maximum Gasteiger partial charge on any atom is 0.330 e. The van der Waals surface area contributed by atoms with Crippen molar-refractivity contribution in [3.05, 3.63) is 27.1 Å². The Morgan fingerprint density at radius 2 is 2.17 bits per heavy atom.